The van der Waals surface area contributed by atoms with Crippen LogP contribution in [0.4, 0.5) is 0 Å². The molecule has 0 spiro atoms. The summed E-state index contributed by atoms with van der Waals surface area (Å²) in [5.41, 5.74) is 2.18. The summed E-state index contributed by atoms with van der Waals surface area (Å²) in [6.45, 7) is 20.5. The van der Waals surface area contributed by atoms with Gasteiger partial charge in [0.1, 0.15) is 11.5 Å². The first-order valence-electron chi connectivity index (χ1n) is 15.5. The molecular formula is C37H54O7. The molecule has 0 aliphatic heterocycles. The first-order valence-corrected chi connectivity index (χ1v) is 15.5. The van der Waals surface area contributed by atoms with E-state index in [2.05, 4.69) is 33.8 Å². The van der Waals surface area contributed by atoms with Gasteiger partial charge in [0.05, 0.1) is 19.8 Å². The summed E-state index contributed by atoms with van der Waals surface area (Å²) in [5.74, 6) is -0.334. The average Bonchev–Trinajstić information content (AvgIpc) is 2.91. The molecule has 0 unspecified atom stereocenters. The van der Waals surface area contributed by atoms with E-state index in [9.17, 15) is 19.5 Å². The number of carbonyl (C=O) groups excluding carboxylic acids is 3. The van der Waals surface area contributed by atoms with Gasteiger partial charge in [-0.3, -0.25) is 9.59 Å². The molecule has 7 nitrogen and oxygen atoms in total. The normalized spacial score (nSPS) is 12.5. The van der Waals surface area contributed by atoms with Crippen molar-refractivity contribution in [2.45, 2.75) is 129 Å². The molecule has 0 saturated carbocycles. The molecular weight excluding hydrogens is 556 g/mol. The fraction of sp³-hybridized carbons (Fsp3) is 0.595. The molecule has 0 heterocycles. The number of hydrogen-bond acceptors (Lipinski definition) is 7. The lowest BCUT2D eigenvalue weighted by Crippen LogP contribution is -2.24. The Kier molecular flexibility index (Phi) is 11.9. The molecule has 2 rings (SSSR count). The van der Waals surface area contributed by atoms with Crippen LogP contribution in [0.5, 0.6) is 11.5 Å². The Hall–Kier alpha value is -3.35. The maximum atomic E-state index is 13.8. The number of aromatic hydroxyl groups is 1. The van der Waals surface area contributed by atoms with Crippen LogP contribution in [0, 0.1) is 0 Å². The van der Waals surface area contributed by atoms with Crippen molar-refractivity contribution in [1.82, 2.24) is 0 Å². The number of ether oxygens (including phenoxy) is 3. The van der Waals surface area contributed by atoms with Crippen LogP contribution in [0.25, 0.3) is 0 Å². The minimum Gasteiger partial charge on any atom is -0.507 e. The molecule has 0 aliphatic rings. The van der Waals surface area contributed by atoms with Gasteiger partial charge in [0.2, 0.25) is 0 Å². The number of phenolic OH excluding ortho intramolecular Hbond substituents is 1. The highest BCUT2D eigenvalue weighted by Gasteiger charge is 2.31. The van der Waals surface area contributed by atoms with E-state index >= 15 is 0 Å². The molecule has 0 amide bonds. The van der Waals surface area contributed by atoms with Crippen LogP contribution in [0.2, 0.25) is 0 Å². The van der Waals surface area contributed by atoms with Gasteiger partial charge in [-0.25, -0.2) is 4.79 Å². The quantitative estimate of drug-likeness (QED) is 0.190. The highest BCUT2D eigenvalue weighted by atomic mass is 16.5. The molecule has 244 valence electrons. The van der Waals surface area contributed by atoms with Gasteiger partial charge in [-0.15, -0.1) is 0 Å². The molecule has 0 atom stereocenters. The lowest BCUT2D eigenvalue weighted by molar-refractivity contribution is -0.141. The molecule has 0 radical (unpaired) electrons. The topological polar surface area (TPSA) is 99.1 Å². The Morgan fingerprint density at radius 1 is 0.659 bits per heavy atom. The van der Waals surface area contributed by atoms with E-state index in [1.807, 2.05) is 53.7 Å². The maximum absolute atomic E-state index is 13.8. The number of rotatable bonds is 12. The molecule has 2 aromatic carbocycles. The van der Waals surface area contributed by atoms with Crippen LogP contribution in [0.15, 0.2) is 30.3 Å². The van der Waals surface area contributed by atoms with Crippen LogP contribution in [0.1, 0.15) is 140 Å². The second-order valence-corrected chi connectivity index (χ2v) is 15.1. The number of benzene rings is 2. The van der Waals surface area contributed by atoms with Crippen molar-refractivity contribution < 1.29 is 33.7 Å². The van der Waals surface area contributed by atoms with E-state index in [4.69, 9.17) is 14.2 Å². The van der Waals surface area contributed by atoms with Gasteiger partial charge < -0.3 is 19.3 Å². The highest BCUT2D eigenvalue weighted by molar-refractivity contribution is 5.92. The van der Waals surface area contributed by atoms with E-state index in [1.54, 1.807) is 12.1 Å². The lowest BCUT2D eigenvalue weighted by Gasteiger charge is -2.31. The second-order valence-electron chi connectivity index (χ2n) is 15.1. The van der Waals surface area contributed by atoms with Crippen LogP contribution in [0.3, 0.4) is 0 Å². The summed E-state index contributed by atoms with van der Waals surface area (Å²) in [6, 6.07) is 9.38. The van der Waals surface area contributed by atoms with E-state index < -0.39 is 22.2 Å². The van der Waals surface area contributed by atoms with Gasteiger partial charge in [-0.05, 0) is 71.1 Å². The molecule has 0 bridgehead atoms. The molecule has 0 aromatic heterocycles. The third kappa shape index (κ3) is 9.57. The smallest absolute Gasteiger partial charge is 0.343 e. The fourth-order valence-corrected chi connectivity index (χ4v) is 5.46. The first-order chi connectivity index (χ1) is 20.1. The van der Waals surface area contributed by atoms with Gasteiger partial charge in [0, 0.05) is 29.5 Å². The highest BCUT2D eigenvalue weighted by Crippen LogP contribution is 2.42. The van der Waals surface area contributed by atoms with Crippen molar-refractivity contribution >= 4 is 17.9 Å². The van der Waals surface area contributed by atoms with E-state index in [-0.39, 0.29) is 23.1 Å². The van der Waals surface area contributed by atoms with Crippen molar-refractivity contribution in [3.8, 4) is 11.5 Å². The van der Waals surface area contributed by atoms with Gasteiger partial charge in [0.15, 0.2) is 0 Å². The molecule has 2 aromatic rings. The molecule has 1 N–H and O–H groups in total. The second kappa shape index (κ2) is 14.2. The van der Waals surface area contributed by atoms with Gasteiger partial charge in [0.25, 0.3) is 0 Å². The largest absolute Gasteiger partial charge is 0.507 e. The summed E-state index contributed by atoms with van der Waals surface area (Å²) >= 11 is 0. The summed E-state index contributed by atoms with van der Waals surface area (Å²) in [4.78, 5) is 37.4. The minimum absolute atomic E-state index is 0.202. The molecule has 0 fully saturated rings. The average molecular weight is 611 g/mol. The SMILES string of the molecule is COC(=O)CCCC(C)(C)c1ccc(OC(=O)c2cc(C(C)(C)C)c(O)c(C(C)(C)C)c2)c(C(C)(C)CCCC(=O)OC)c1. The van der Waals surface area contributed by atoms with Crippen molar-refractivity contribution in [2.75, 3.05) is 14.2 Å². The van der Waals surface area contributed by atoms with Crippen LogP contribution in [-0.4, -0.2) is 37.2 Å². The Bertz CT molecular complexity index is 1300. The number of phenols is 1. The number of esters is 3. The van der Waals surface area contributed by atoms with Gasteiger partial charge >= 0.3 is 17.9 Å². The van der Waals surface area contributed by atoms with Gasteiger partial charge in [-0.1, -0.05) is 81.4 Å². The van der Waals surface area contributed by atoms with E-state index in [0.29, 0.717) is 54.5 Å². The summed E-state index contributed by atoms with van der Waals surface area (Å²) in [6.07, 6.45) is 3.37. The summed E-state index contributed by atoms with van der Waals surface area (Å²) in [5, 5.41) is 11.1. The van der Waals surface area contributed by atoms with Crippen LogP contribution < -0.4 is 4.74 Å². The third-order valence-corrected chi connectivity index (χ3v) is 8.48. The Balaban J connectivity index is 2.58. The Morgan fingerprint density at radius 2 is 1.11 bits per heavy atom. The molecule has 0 aliphatic carbocycles. The monoisotopic (exact) mass is 610 g/mol. The van der Waals surface area contributed by atoms with E-state index in [0.717, 1.165) is 17.5 Å². The predicted octanol–water partition coefficient (Wildman–Crippen LogP) is 8.45. The van der Waals surface area contributed by atoms with Crippen molar-refractivity contribution in [1.29, 1.82) is 0 Å². The standard InChI is InChI=1S/C37H54O7/c1-34(2,3)27-21-24(22-28(32(27)40)35(4,5)6)33(41)44-29-18-17-25(36(7,8)19-13-15-30(38)42-11)23-26(29)37(9,10)20-14-16-31(39)43-12/h17-18,21-23,40H,13-16,19-20H2,1-12H3. The summed E-state index contributed by atoms with van der Waals surface area (Å²) in [7, 11) is 2.78. The summed E-state index contributed by atoms with van der Waals surface area (Å²) < 4.78 is 15.8. The number of hydrogen-bond donors (Lipinski definition) is 1. The lowest BCUT2D eigenvalue weighted by atomic mass is 9.74. The van der Waals surface area contributed by atoms with Gasteiger partial charge in [-0.2, -0.15) is 0 Å². The maximum Gasteiger partial charge on any atom is 0.343 e. The first kappa shape index (κ1) is 36.8. The zero-order chi connectivity index (χ0) is 33.7. The van der Waals surface area contributed by atoms with E-state index in [1.165, 1.54) is 14.2 Å². The number of carbonyl (C=O) groups is 3. The fourth-order valence-electron chi connectivity index (χ4n) is 5.46. The zero-order valence-electron chi connectivity index (χ0n) is 29.0. The van der Waals surface area contributed by atoms with Crippen molar-refractivity contribution in [3.05, 3.63) is 58.1 Å². The van der Waals surface area contributed by atoms with Crippen molar-refractivity contribution in [3.63, 3.8) is 0 Å². The van der Waals surface area contributed by atoms with Crippen LogP contribution in [-0.2, 0) is 40.7 Å². The third-order valence-electron chi connectivity index (χ3n) is 8.48. The molecule has 7 heteroatoms. The molecule has 44 heavy (non-hydrogen) atoms. The zero-order valence-corrected chi connectivity index (χ0v) is 29.0. The Labute approximate surface area is 264 Å². The number of methoxy groups -OCH3 is 2. The Morgan fingerprint density at radius 3 is 1.55 bits per heavy atom. The predicted molar refractivity (Wildman–Crippen MR) is 175 cm³/mol. The van der Waals surface area contributed by atoms with Crippen molar-refractivity contribution in [2.24, 2.45) is 0 Å². The minimum atomic E-state index is -0.502. The molecule has 0 saturated heterocycles. The van der Waals surface area contributed by atoms with Crippen LogP contribution >= 0.6 is 0 Å².